The highest BCUT2D eigenvalue weighted by Gasteiger charge is 2.12. The molecule has 7 heteroatoms. The number of rotatable bonds is 7. The van der Waals surface area contributed by atoms with Gasteiger partial charge in [0, 0.05) is 11.8 Å². The van der Waals surface area contributed by atoms with Crippen LogP contribution in [0.25, 0.3) is 0 Å². The zero-order valence-corrected chi connectivity index (χ0v) is 16.3. The normalized spacial score (nSPS) is 10.2. The summed E-state index contributed by atoms with van der Waals surface area (Å²) in [5, 5.41) is 7.40. The lowest BCUT2D eigenvalue weighted by atomic mass is 10.2. The number of para-hydroxylation sites is 1. The molecule has 0 spiro atoms. The molecule has 0 saturated carbocycles. The molecule has 0 saturated heterocycles. The number of carbonyl (C=O) groups is 2. The highest BCUT2D eigenvalue weighted by molar-refractivity contribution is 7.12. The van der Waals surface area contributed by atoms with Crippen LogP contribution in [-0.4, -0.2) is 25.5 Å². The monoisotopic (exact) mass is 396 g/mol. The van der Waals surface area contributed by atoms with E-state index in [9.17, 15) is 9.59 Å². The molecule has 0 atom stereocenters. The van der Waals surface area contributed by atoms with Crippen molar-refractivity contribution in [1.82, 2.24) is 0 Å². The van der Waals surface area contributed by atoms with Gasteiger partial charge in [-0.05, 0) is 42.1 Å². The van der Waals surface area contributed by atoms with E-state index in [2.05, 4.69) is 10.6 Å². The van der Waals surface area contributed by atoms with Gasteiger partial charge in [0.05, 0.1) is 17.7 Å². The highest BCUT2D eigenvalue weighted by atomic mass is 32.1. The van der Waals surface area contributed by atoms with Crippen LogP contribution in [0.15, 0.2) is 60.0 Å². The molecule has 0 unspecified atom stereocenters. The van der Waals surface area contributed by atoms with Gasteiger partial charge >= 0.3 is 0 Å². The van der Waals surface area contributed by atoms with Crippen LogP contribution in [-0.2, 0) is 4.79 Å². The van der Waals surface area contributed by atoms with E-state index in [0.29, 0.717) is 27.8 Å². The molecule has 6 nitrogen and oxygen atoms in total. The first kappa shape index (κ1) is 19.4. The molecule has 2 N–H and O–H groups in total. The predicted octanol–water partition coefficient (Wildman–Crippen LogP) is 4.33. The van der Waals surface area contributed by atoms with Gasteiger partial charge in [0.2, 0.25) is 0 Å². The summed E-state index contributed by atoms with van der Waals surface area (Å²) >= 11 is 1.36. The molecule has 1 aromatic heterocycles. The SMILES string of the molecule is COc1cc(NC(=O)COc2ccccc2C)ccc1NC(=O)c1cccs1. The van der Waals surface area contributed by atoms with Crippen molar-refractivity contribution < 1.29 is 19.1 Å². The number of aryl methyl sites for hydroxylation is 1. The van der Waals surface area contributed by atoms with Crippen LogP contribution < -0.4 is 20.1 Å². The summed E-state index contributed by atoms with van der Waals surface area (Å²) in [7, 11) is 1.50. The van der Waals surface area contributed by atoms with E-state index in [4.69, 9.17) is 9.47 Å². The lowest BCUT2D eigenvalue weighted by molar-refractivity contribution is -0.118. The molecule has 3 rings (SSSR count). The summed E-state index contributed by atoms with van der Waals surface area (Å²) in [6.45, 7) is 1.81. The second kappa shape index (κ2) is 9.05. The van der Waals surface area contributed by atoms with E-state index >= 15 is 0 Å². The third-order valence-corrected chi connectivity index (χ3v) is 4.80. The van der Waals surface area contributed by atoms with Crippen molar-refractivity contribution in [3.05, 3.63) is 70.4 Å². The minimum absolute atomic E-state index is 0.107. The molecule has 0 fully saturated rings. The van der Waals surface area contributed by atoms with E-state index in [1.807, 2.05) is 42.6 Å². The molecule has 1 heterocycles. The van der Waals surface area contributed by atoms with Gasteiger partial charge in [0.15, 0.2) is 6.61 Å². The fourth-order valence-electron chi connectivity index (χ4n) is 2.52. The Morgan fingerprint density at radius 3 is 2.54 bits per heavy atom. The molecular formula is C21H20N2O4S. The second-order valence-electron chi connectivity index (χ2n) is 5.95. The maximum Gasteiger partial charge on any atom is 0.265 e. The van der Waals surface area contributed by atoms with Crippen LogP contribution in [0.1, 0.15) is 15.2 Å². The molecule has 0 bridgehead atoms. The van der Waals surface area contributed by atoms with Crippen molar-refractivity contribution in [1.29, 1.82) is 0 Å². The number of benzene rings is 2. The number of anilines is 2. The highest BCUT2D eigenvalue weighted by Crippen LogP contribution is 2.29. The van der Waals surface area contributed by atoms with E-state index in [-0.39, 0.29) is 18.4 Å². The smallest absolute Gasteiger partial charge is 0.265 e. The molecule has 28 heavy (non-hydrogen) atoms. The fourth-order valence-corrected chi connectivity index (χ4v) is 3.14. The van der Waals surface area contributed by atoms with Gasteiger partial charge in [-0.15, -0.1) is 11.3 Å². The van der Waals surface area contributed by atoms with Crippen LogP contribution >= 0.6 is 11.3 Å². The lowest BCUT2D eigenvalue weighted by Gasteiger charge is -2.13. The Morgan fingerprint density at radius 1 is 1.00 bits per heavy atom. The molecule has 0 radical (unpaired) electrons. The van der Waals surface area contributed by atoms with Crippen LogP contribution in [0, 0.1) is 6.92 Å². The Hall–Kier alpha value is -3.32. The summed E-state index contributed by atoms with van der Waals surface area (Å²) in [6.07, 6.45) is 0. The van der Waals surface area contributed by atoms with Crippen LogP contribution in [0.4, 0.5) is 11.4 Å². The summed E-state index contributed by atoms with van der Waals surface area (Å²) in [4.78, 5) is 25.0. The van der Waals surface area contributed by atoms with E-state index in [1.54, 1.807) is 24.3 Å². The molecule has 0 aliphatic rings. The van der Waals surface area contributed by atoms with Gasteiger partial charge in [-0.1, -0.05) is 24.3 Å². The quantitative estimate of drug-likeness (QED) is 0.623. The third kappa shape index (κ3) is 4.89. The zero-order valence-electron chi connectivity index (χ0n) is 15.5. The third-order valence-electron chi connectivity index (χ3n) is 3.93. The number of hydrogen-bond donors (Lipinski definition) is 2. The first-order chi connectivity index (χ1) is 13.6. The first-order valence-electron chi connectivity index (χ1n) is 8.58. The van der Waals surface area contributed by atoms with Crippen molar-refractivity contribution in [3.63, 3.8) is 0 Å². The van der Waals surface area contributed by atoms with Crippen molar-refractivity contribution in [2.75, 3.05) is 24.4 Å². The number of nitrogens with one attached hydrogen (secondary N) is 2. The number of ether oxygens (including phenoxy) is 2. The van der Waals surface area contributed by atoms with Crippen LogP contribution in [0.5, 0.6) is 11.5 Å². The van der Waals surface area contributed by atoms with E-state index < -0.39 is 0 Å². The number of hydrogen-bond acceptors (Lipinski definition) is 5. The van der Waals surface area contributed by atoms with E-state index in [0.717, 1.165) is 5.56 Å². The van der Waals surface area contributed by atoms with Gasteiger partial charge in [-0.3, -0.25) is 9.59 Å². The number of thiophene rings is 1. The minimum Gasteiger partial charge on any atom is -0.494 e. The molecule has 144 valence electrons. The number of carbonyl (C=O) groups excluding carboxylic acids is 2. The summed E-state index contributed by atoms with van der Waals surface area (Å²) in [5.74, 6) is 0.613. The molecule has 3 aromatic rings. The predicted molar refractivity (Wildman–Crippen MR) is 111 cm³/mol. The molecule has 2 amide bonds. The molecule has 0 aliphatic heterocycles. The van der Waals surface area contributed by atoms with Gasteiger partial charge in [0.1, 0.15) is 11.5 Å². The van der Waals surface area contributed by atoms with Crippen molar-refractivity contribution in [2.24, 2.45) is 0 Å². The summed E-state index contributed by atoms with van der Waals surface area (Å²) in [5.41, 5.74) is 2.03. The van der Waals surface area contributed by atoms with Gasteiger partial charge in [-0.2, -0.15) is 0 Å². The maximum absolute atomic E-state index is 12.2. The van der Waals surface area contributed by atoms with Crippen molar-refractivity contribution in [3.8, 4) is 11.5 Å². The Kier molecular flexibility index (Phi) is 6.29. The average Bonchev–Trinajstić information content (AvgIpc) is 3.23. The zero-order chi connectivity index (χ0) is 19.9. The van der Waals surface area contributed by atoms with Gasteiger partial charge in [0.25, 0.3) is 11.8 Å². The Morgan fingerprint density at radius 2 is 1.82 bits per heavy atom. The van der Waals surface area contributed by atoms with Crippen molar-refractivity contribution in [2.45, 2.75) is 6.92 Å². The fraction of sp³-hybridized carbons (Fsp3) is 0.143. The van der Waals surface area contributed by atoms with E-state index in [1.165, 1.54) is 18.4 Å². The standard InChI is InChI=1S/C21H20N2O4S/c1-14-6-3-4-7-17(14)27-13-20(24)22-15-9-10-16(18(12-15)26-2)23-21(25)19-8-5-11-28-19/h3-12H,13H2,1-2H3,(H,22,24)(H,23,25). The molecule has 0 aliphatic carbocycles. The Bertz CT molecular complexity index is 970. The Labute approximate surface area is 167 Å². The summed E-state index contributed by atoms with van der Waals surface area (Å²) in [6, 6.07) is 16.1. The summed E-state index contributed by atoms with van der Waals surface area (Å²) < 4.78 is 10.9. The number of methoxy groups -OCH3 is 1. The molecular weight excluding hydrogens is 376 g/mol. The van der Waals surface area contributed by atoms with Gasteiger partial charge in [-0.25, -0.2) is 0 Å². The minimum atomic E-state index is -0.291. The molecule has 2 aromatic carbocycles. The average molecular weight is 396 g/mol. The van der Waals surface area contributed by atoms with Crippen LogP contribution in [0.3, 0.4) is 0 Å². The lowest BCUT2D eigenvalue weighted by Crippen LogP contribution is -2.20. The van der Waals surface area contributed by atoms with Crippen molar-refractivity contribution >= 4 is 34.5 Å². The first-order valence-corrected chi connectivity index (χ1v) is 9.46. The topological polar surface area (TPSA) is 76.7 Å². The van der Waals surface area contributed by atoms with Gasteiger partial charge < -0.3 is 20.1 Å². The van der Waals surface area contributed by atoms with Crippen LogP contribution in [0.2, 0.25) is 0 Å². The maximum atomic E-state index is 12.2. The number of amides is 2. The largest absolute Gasteiger partial charge is 0.494 e. The second-order valence-corrected chi connectivity index (χ2v) is 6.90. The Balaban J connectivity index is 1.62.